The number of amides is 1. The third kappa shape index (κ3) is 5.43. The molecule has 1 atom stereocenters. The maximum absolute atomic E-state index is 12.9. The predicted octanol–water partition coefficient (Wildman–Crippen LogP) is 3.12. The summed E-state index contributed by atoms with van der Waals surface area (Å²) in [5.74, 6) is 1.35. The number of hydrogen-bond donors (Lipinski definition) is 2. The smallest absolute Gasteiger partial charge is 0.239 e. The zero-order valence-electron chi connectivity index (χ0n) is 19.7. The SMILES string of the molecule is C=CNc1ncnc(-c2cn(C(CC#N)C3CCCC3)nc2NC(=O)CN2CCOCC2)c1C. The maximum Gasteiger partial charge on any atom is 0.239 e. The van der Waals surface area contributed by atoms with E-state index in [0.717, 1.165) is 31.5 Å². The number of aromatic nitrogens is 4. The second-order valence-corrected chi connectivity index (χ2v) is 8.83. The number of hydrogen-bond acceptors (Lipinski definition) is 8. The lowest BCUT2D eigenvalue weighted by atomic mass is 9.96. The molecule has 2 N–H and O–H groups in total. The summed E-state index contributed by atoms with van der Waals surface area (Å²) in [6, 6.07) is 2.29. The van der Waals surface area contributed by atoms with Crippen LogP contribution in [0.2, 0.25) is 0 Å². The molecule has 0 spiro atoms. The fourth-order valence-corrected chi connectivity index (χ4v) is 4.84. The van der Waals surface area contributed by atoms with Crippen molar-refractivity contribution in [1.82, 2.24) is 24.6 Å². The van der Waals surface area contributed by atoms with E-state index in [1.54, 1.807) is 6.20 Å². The van der Waals surface area contributed by atoms with Gasteiger partial charge in [-0.05, 0) is 31.9 Å². The molecule has 180 valence electrons. The lowest BCUT2D eigenvalue weighted by Gasteiger charge is -2.25. The van der Waals surface area contributed by atoms with Gasteiger partial charge in [-0.25, -0.2) is 9.97 Å². The first-order valence-corrected chi connectivity index (χ1v) is 11.9. The highest BCUT2D eigenvalue weighted by Crippen LogP contribution is 2.38. The largest absolute Gasteiger partial charge is 0.379 e. The number of nitrogens with zero attached hydrogens (tertiary/aromatic N) is 6. The van der Waals surface area contributed by atoms with Crippen molar-refractivity contribution >= 4 is 17.5 Å². The van der Waals surface area contributed by atoms with Crippen LogP contribution in [0, 0.1) is 24.2 Å². The van der Waals surface area contributed by atoms with Crippen LogP contribution in [0.4, 0.5) is 11.6 Å². The quantitative estimate of drug-likeness (QED) is 0.581. The van der Waals surface area contributed by atoms with Crippen LogP contribution in [0.15, 0.2) is 25.3 Å². The van der Waals surface area contributed by atoms with E-state index in [2.05, 4.69) is 38.1 Å². The van der Waals surface area contributed by atoms with Crippen LogP contribution < -0.4 is 10.6 Å². The molecule has 1 unspecified atom stereocenters. The molecule has 1 aliphatic heterocycles. The Balaban J connectivity index is 1.68. The molecule has 4 rings (SSSR count). The molecule has 1 saturated carbocycles. The van der Waals surface area contributed by atoms with Gasteiger partial charge in [0.1, 0.15) is 12.1 Å². The zero-order valence-corrected chi connectivity index (χ0v) is 19.7. The normalized spacial score (nSPS) is 17.8. The summed E-state index contributed by atoms with van der Waals surface area (Å²) in [6.45, 7) is 8.61. The van der Waals surface area contributed by atoms with E-state index >= 15 is 0 Å². The summed E-state index contributed by atoms with van der Waals surface area (Å²) in [6.07, 6.45) is 9.85. The molecule has 10 nitrogen and oxygen atoms in total. The highest BCUT2D eigenvalue weighted by atomic mass is 16.5. The molecule has 0 radical (unpaired) electrons. The Kier molecular flexibility index (Phi) is 7.87. The van der Waals surface area contributed by atoms with E-state index in [0.29, 0.717) is 48.4 Å². The van der Waals surface area contributed by atoms with Crippen LogP contribution in [0.25, 0.3) is 11.3 Å². The highest BCUT2D eigenvalue weighted by molar-refractivity contribution is 5.95. The first-order valence-electron chi connectivity index (χ1n) is 11.9. The first-order chi connectivity index (χ1) is 16.6. The van der Waals surface area contributed by atoms with E-state index < -0.39 is 0 Å². The van der Waals surface area contributed by atoms with E-state index in [1.807, 2.05) is 17.8 Å². The molecule has 2 aliphatic rings. The zero-order chi connectivity index (χ0) is 23.9. The van der Waals surface area contributed by atoms with Gasteiger partial charge in [-0.2, -0.15) is 10.4 Å². The van der Waals surface area contributed by atoms with Crippen LogP contribution >= 0.6 is 0 Å². The highest BCUT2D eigenvalue weighted by Gasteiger charge is 2.29. The average molecular weight is 465 g/mol. The van der Waals surface area contributed by atoms with Crippen molar-refractivity contribution in [2.45, 2.75) is 45.1 Å². The molecule has 0 bridgehead atoms. The molecule has 1 saturated heterocycles. The van der Waals surface area contributed by atoms with Crippen LogP contribution in [-0.2, 0) is 9.53 Å². The number of anilines is 2. The Labute approximate surface area is 200 Å². The van der Waals surface area contributed by atoms with E-state index in [1.165, 1.54) is 19.2 Å². The monoisotopic (exact) mass is 464 g/mol. The van der Waals surface area contributed by atoms with E-state index in [9.17, 15) is 10.1 Å². The second-order valence-electron chi connectivity index (χ2n) is 8.83. The third-order valence-electron chi connectivity index (χ3n) is 6.62. The Hall–Kier alpha value is -3.29. The van der Waals surface area contributed by atoms with Crippen molar-refractivity contribution in [2.75, 3.05) is 43.5 Å². The Morgan fingerprint density at radius 1 is 1.32 bits per heavy atom. The fourth-order valence-electron chi connectivity index (χ4n) is 4.84. The van der Waals surface area contributed by atoms with Gasteiger partial charge in [-0.3, -0.25) is 14.4 Å². The van der Waals surface area contributed by atoms with Crippen molar-refractivity contribution in [2.24, 2.45) is 5.92 Å². The summed E-state index contributed by atoms with van der Waals surface area (Å²) in [7, 11) is 0. The summed E-state index contributed by atoms with van der Waals surface area (Å²) < 4.78 is 7.24. The number of nitrogens with one attached hydrogen (secondary N) is 2. The number of nitriles is 1. The van der Waals surface area contributed by atoms with Crippen molar-refractivity contribution in [1.29, 1.82) is 5.26 Å². The van der Waals surface area contributed by atoms with E-state index in [-0.39, 0.29) is 18.5 Å². The first kappa shape index (κ1) is 23.9. The van der Waals surface area contributed by atoms with Gasteiger partial charge in [-0.1, -0.05) is 19.4 Å². The summed E-state index contributed by atoms with van der Waals surface area (Å²) in [5, 5.41) is 20.3. The molecule has 2 fully saturated rings. The van der Waals surface area contributed by atoms with Crippen LogP contribution in [0.5, 0.6) is 0 Å². The molecule has 3 heterocycles. The molecule has 1 aliphatic carbocycles. The van der Waals surface area contributed by atoms with E-state index in [4.69, 9.17) is 9.84 Å². The lowest BCUT2D eigenvalue weighted by Crippen LogP contribution is -2.41. The molecule has 2 aromatic rings. The van der Waals surface area contributed by atoms with Gasteiger partial charge in [0.15, 0.2) is 5.82 Å². The van der Waals surface area contributed by atoms with Crippen LogP contribution in [-0.4, -0.2) is 63.4 Å². The number of carbonyl (C=O) groups is 1. The van der Waals surface area contributed by atoms with Gasteiger partial charge in [0.05, 0.1) is 49.5 Å². The van der Waals surface area contributed by atoms with Crippen molar-refractivity contribution in [3.63, 3.8) is 0 Å². The summed E-state index contributed by atoms with van der Waals surface area (Å²) >= 11 is 0. The number of carbonyl (C=O) groups excluding carboxylic acids is 1. The molecular formula is C24H32N8O2. The number of ether oxygens (including phenoxy) is 1. The van der Waals surface area contributed by atoms with Gasteiger partial charge in [0.2, 0.25) is 5.91 Å². The molecule has 0 aromatic carbocycles. The fraction of sp³-hybridized carbons (Fsp3) is 0.542. The Morgan fingerprint density at radius 2 is 2.09 bits per heavy atom. The standard InChI is InChI=1S/C24H32N8O2/c1-3-26-23-17(2)22(27-16-28-23)19-14-32(20(8-9-25)18-6-4-5-7-18)30-24(19)29-21(33)15-31-10-12-34-13-11-31/h3,14,16,18,20H,1,4-8,10-13,15H2,2H3,(H,26,27,28)(H,29,30,33). The molecule has 1 amide bonds. The van der Waals surface area contributed by atoms with Crippen molar-refractivity contribution in [3.05, 3.63) is 30.9 Å². The van der Waals surface area contributed by atoms with Crippen molar-refractivity contribution in [3.8, 4) is 17.3 Å². The Bertz CT molecular complexity index is 1050. The number of morpholine rings is 1. The topological polar surface area (TPSA) is 121 Å². The Morgan fingerprint density at radius 3 is 2.79 bits per heavy atom. The van der Waals surface area contributed by atoms with Crippen LogP contribution in [0.1, 0.15) is 43.7 Å². The minimum Gasteiger partial charge on any atom is -0.379 e. The molecule has 10 heteroatoms. The summed E-state index contributed by atoms with van der Waals surface area (Å²) in [4.78, 5) is 23.8. The average Bonchev–Trinajstić information content (AvgIpc) is 3.50. The number of rotatable bonds is 9. The maximum atomic E-state index is 12.9. The lowest BCUT2D eigenvalue weighted by molar-refractivity contribution is -0.118. The molecular weight excluding hydrogens is 432 g/mol. The minimum atomic E-state index is -0.137. The summed E-state index contributed by atoms with van der Waals surface area (Å²) in [5.41, 5.74) is 2.21. The predicted molar refractivity (Wildman–Crippen MR) is 129 cm³/mol. The van der Waals surface area contributed by atoms with Gasteiger partial charge in [0, 0.05) is 24.8 Å². The third-order valence-corrected chi connectivity index (χ3v) is 6.62. The second kappa shape index (κ2) is 11.2. The molecule has 2 aromatic heterocycles. The van der Waals surface area contributed by atoms with Gasteiger partial charge in [-0.15, -0.1) is 0 Å². The van der Waals surface area contributed by atoms with Crippen molar-refractivity contribution < 1.29 is 9.53 Å². The minimum absolute atomic E-state index is 0.0379. The van der Waals surface area contributed by atoms with Crippen LogP contribution in [0.3, 0.4) is 0 Å². The van der Waals surface area contributed by atoms with Gasteiger partial charge in [0.25, 0.3) is 0 Å². The molecule has 34 heavy (non-hydrogen) atoms. The van der Waals surface area contributed by atoms with Gasteiger partial charge >= 0.3 is 0 Å². The van der Waals surface area contributed by atoms with Gasteiger partial charge < -0.3 is 15.4 Å².